The van der Waals surface area contributed by atoms with E-state index in [2.05, 4.69) is 10.3 Å². The average Bonchev–Trinajstić information content (AvgIpc) is 3.35. The largest absolute Gasteiger partial charge is 0.398 e. The van der Waals surface area contributed by atoms with E-state index >= 15 is 0 Å². The zero-order valence-corrected chi connectivity index (χ0v) is 15.0. The van der Waals surface area contributed by atoms with E-state index in [1.54, 1.807) is 31.6 Å². The van der Waals surface area contributed by atoms with Crippen molar-refractivity contribution >= 4 is 28.2 Å². The number of aryl methyl sites for hydroxylation is 2. The van der Waals surface area contributed by atoms with Gasteiger partial charge in [-0.15, -0.1) is 0 Å². The van der Waals surface area contributed by atoms with E-state index in [9.17, 15) is 14.0 Å². The van der Waals surface area contributed by atoms with E-state index < -0.39 is 12.1 Å². The minimum atomic E-state index is -1.06. The zero-order chi connectivity index (χ0) is 19.3. The second-order valence-corrected chi connectivity index (χ2v) is 6.99. The third-order valence-corrected chi connectivity index (χ3v) is 4.93. The lowest BCUT2D eigenvalue weighted by molar-refractivity contribution is -0.117. The molecule has 1 aliphatic rings. The molecule has 7 heteroatoms. The fourth-order valence-corrected chi connectivity index (χ4v) is 3.22. The molecule has 138 valence electrons. The summed E-state index contributed by atoms with van der Waals surface area (Å²) < 4.78 is 14.6. The normalized spacial score (nSPS) is 18.5. The van der Waals surface area contributed by atoms with Gasteiger partial charge in [0.1, 0.15) is 12.0 Å². The summed E-state index contributed by atoms with van der Waals surface area (Å²) in [7, 11) is 1.70. The van der Waals surface area contributed by atoms with Crippen LogP contribution in [0.1, 0.15) is 12.0 Å². The number of nitrogens with one attached hydrogen (secondary N) is 1. The van der Waals surface area contributed by atoms with Crippen LogP contribution in [0.15, 0.2) is 41.5 Å². The Balaban J connectivity index is 1.79. The topological polar surface area (TPSA) is 90.0 Å². The number of rotatable bonds is 3. The smallest absolute Gasteiger partial charge is 0.258 e. The van der Waals surface area contributed by atoms with Crippen LogP contribution in [0, 0.1) is 12.8 Å². The SMILES string of the molecule is Cc1ccn(C)c(=O)c1-c1cc(N)c2cnc(NC(=O)[C@@H]3C[C@@H]3F)cc2c1. The first-order valence-corrected chi connectivity index (χ1v) is 8.66. The quantitative estimate of drug-likeness (QED) is 0.698. The number of hydrogen-bond acceptors (Lipinski definition) is 4. The highest BCUT2D eigenvalue weighted by molar-refractivity contribution is 6.00. The number of nitrogens with two attached hydrogens (primary N) is 1. The van der Waals surface area contributed by atoms with E-state index in [1.165, 1.54) is 4.57 Å². The van der Waals surface area contributed by atoms with E-state index in [4.69, 9.17) is 5.73 Å². The Kier molecular flexibility index (Phi) is 3.95. The van der Waals surface area contributed by atoms with Crippen LogP contribution < -0.4 is 16.6 Å². The average molecular weight is 366 g/mol. The Morgan fingerprint density at radius 2 is 2.11 bits per heavy atom. The van der Waals surface area contributed by atoms with Gasteiger partial charge in [0.25, 0.3) is 5.56 Å². The van der Waals surface area contributed by atoms with E-state index in [0.29, 0.717) is 22.6 Å². The molecule has 1 amide bonds. The van der Waals surface area contributed by atoms with Crippen molar-refractivity contribution in [2.45, 2.75) is 19.5 Å². The van der Waals surface area contributed by atoms with Crippen molar-refractivity contribution < 1.29 is 9.18 Å². The highest BCUT2D eigenvalue weighted by Crippen LogP contribution is 2.35. The standard InChI is InChI=1S/C20H19FN4O2/c1-10-3-4-25(2)20(27)18(10)12-5-11-7-17(23-9-14(11)16(22)6-12)24-19(26)13-8-15(13)21/h3-7,9,13,15H,8,22H2,1-2H3,(H,23,24,26)/t13-,15+/m1/s1. The molecule has 0 radical (unpaired) electrons. The molecule has 2 heterocycles. The lowest BCUT2D eigenvalue weighted by Crippen LogP contribution is -2.19. The molecule has 0 saturated heterocycles. The first kappa shape index (κ1) is 17.2. The molecule has 0 aliphatic heterocycles. The summed E-state index contributed by atoms with van der Waals surface area (Å²) in [6, 6.07) is 7.16. The van der Waals surface area contributed by atoms with Crippen LogP contribution in [0.25, 0.3) is 21.9 Å². The van der Waals surface area contributed by atoms with Gasteiger partial charge in [0.15, 0.2) is 0 Å². The van der Waals surface area contributed by atoms with Gasteiger partial charge in [0, 0.05) is 30.5 Å². The van der Waals surface area contributed by atoms with Crippen LogP contribution in [0.2, 0.25) is 0 Å². The van der Waals surface area contributed by atoms with E-state index in [-0.39, 0.29) is 17.9 Å². The molecule has 1 saturated carbocycles. The summed E-state index contributed by atoms with van der Waals surface area (Å²) in [6.45, 7) is 1.87. The number of carbonyl (C=O) groups excluding carboxylic acids is 1. The first-order valence-electron chi connectivity index (χ1n) is 8.66. The molecule has 2 atom stereocenters. The molecule has 27 heavy (non-hydrogen) atoms. The van der Waals surface area contributed by atoms with Gasteiger partial charge in [-0.3, -0.25) is 9.59 Å². The number of pyridine rings is 2. The number of carbonyl (C=O) groups is 1. The Bertz CT molecular complexity index is 1140. The number of alkyl halides is 1. The van der Waals surface area contributed by atoms with Gasteiger partial charge in [0.05, 0.1) is 11.5 Å². The number of fused-ring (bicyclic) bond motifs is 1. The monoisotopic (exact) mass is 366 g/mol. The number of nitrogens with zero attached hydrogens (tertiary/aromatic N) is 2. The molecule has 6 nitrogen and oxygen atoms in total. The van der Waals surface area contributed by atoms with Gasteiger partial charge >= 0.3 is 0 Å². The van der Waals surface area contributed by atoms with Crippen LogP contribution in [0.5, 0.6) is 0 Å². The second kappa shape index (κ2) is 6.19. The zero-order valence-electron chi connectivity index (χ0n) is 15.0. The highest BCUT2D eigenvalue weighted by Gasteiger charge is 2.43. The summed E-state index contributed by atoms with van der Waals surface area (Å²) in [5.74, 6) is -0.624. The molecule has 4 rings (SSSR count). The Morgan fingerprint density at radius 3 is 2.81 bits per heavy atom. The van der Waals surface area contributed by atoms with Crippen molar-refractivity contribution in [1.82, 2.24) is 9.55 Å². The number of anilines is 2. The van der Waals surface area contributed by atoms with Crippen LogP contribution in [0.3, 0.4) is 0 Å². The number of amides is 1. The number of aromatic nitrogens is 2. The molecular weight excluding hydrogens is 347 g/mol. The maximum Gasteiger partial charge on any atom is 0.258 e. The fraction of sp³-hybridized carbons (Fsp3) is 0.250. The van der Waals surface area contributed by atoms with Crippen LogP contribution in [0.4, 0.5) is 15.9 Å². The van der Waals surface area contributed by atoms with Crippen molar-refractivity contribution in [3.8, 4) is 11.1 Å². The van der Waals surface area contributed by atoms with Gasteiger partial charge < -0.3 is 15.6 Å². The van der Waals surface area contributed by atoms with Crippen molar-refractivity contribution in [2.24, 2.45) is 13.0 Å². The predicted octanol–water partition coefficient (Wildman–Crippen LogP) is 2.79. The number of nitrogen functional groups attached to an aromatic ring is 1. The van der Waals surface area contributed by atoms with Gasteiger partial charge in [0.2, 0.25) is 5.91 Å². The molecule has 0 bridgehead atoms. The van der Waals surface area contributed by atoms with Crippen molar-refractivity contribution in [2.75, 3.05) is 11.1 Å². The summed E-state index contributed by atoms with van der Waals surface area (Å²) >= 11 is 0. The van der Waals surface area contributed by atoms with Crippen LogP contribution in [-0.4, -0.2) is 21.6 Å². The molecule has 3 N–H and O–H groups in total. The van der Waals surface area contributed by atoms with Crippen LogP contribution >= 0.6 is 0 Å². The third kappa shape index (κ3) is 3.05. The first-order chi connectivity index (χ1) is 12.8. The second-order valence-electron chi connectivity index (χ2n) is 6.99. The van der Waals surface area contributed by atoms with Gasteiger partial charge in [-0.2, -0.15) is 0 Å². The summed E-state index contributed by atoms with van der Waals surface area (Å²) in [4.78, 5) is 28.7. The number of benzene rings is 1. The maximum absolute atomic E-state index is 13.1. The van der Waals surface area contributed by atoms with Gasteiger partial charge in [-0.25, -0.2) is 9.37 Å². The number of hydrogen-bond donors (Lipinski definition) is 2. The summed E-state index contributed by atoms with van der Waals surface area (Å²) in [5.41, 5.74) is 8.68. The van der Waals surface area contributed by atoms with Crippen LogP contribution in [-0.2, 0) is 11.8 Å². The molecule has 1 fully saturated rings. The molecule has 0 spiro atoms. The lowest BCUT2D eigenvalue weighted by atomic mass is 9.98. The number of halogens is 1. The maximum atomic E-state index is 13.1. The molecule has 1 aromatic carbocycles. The fourth-order valence-electron chi connectivity index (χ4n) is 3.22. The minimum Gasteiger partial charge on any atom is -0.398 e. The summed E-state index contributed by atoms with van der Waals surface area (Å²) in [5, 5.41) is 4.10. The lowest BCUT2D eigenvalue weighted by Gasteiger charge is -2.11. The van der Waals surface area contributed by atoms with Crippen molar-refractivity contribution in [1.29, 1.82) is 0 Å². The Labute approximate surface area is 154 Å². The predicted molar refractivity (Wildman–Crippen MR) is 103 cm³/mol. The van der Waals surface area contributed by atoms with Crippen molar-refractivity contribution in [3.05, 3.63) is 52.6 Å². The highest BCUT2D eigenvalue weighted by atomic mass is 19.1. The molecule has 3 aromatic rings. The van der Waals surface area contributed by atoms with Gasteiger partial charge in [-0.1, -0.05) is 0 Å². The Hall–Kier alpha value is -3.22. The van der Waals surface area contributed by atoms with E-state index in [1.807, 2.05) is 19.1 Å². The Morgan fingerprint density at radius 1 is 1.37 bits per heavy atom. The van der Waals surface area contributed by atoms with E-state index in [0.717, 1.165) is 16.3 Å². The molecule has 2 aromatic heterocycles. The van der Waals surface area contributed by atoms with Gasteiger partial charge in [-0.05, 0) is 54.1 Å². The summed E-state index contributed by atoms with van der Waals surface area (Å²) in [6.07, 6.45) is 2.48. The molecule has 0 unspecified atom stereocenters. The third-order valence-electron chi connectivity index (χ3n) is 4.93. The van der Waals surface area contributed by atoms with Crippen molar-refractivity contribution in [3.63, 3.8) is 0 Å². The molecular formula is C20H19FN4O2. The molecule has 1 aliphatic carbocycles. The minimum absolute atomic E-state index is 0.112.